The highest BCUT2D eigenvalue weighted by Crippen LogP contribution is 2.36. The number of rotatable bonds is 6. The van der Waals surface area contributed by atoms with Gasteiger partial charge in [-0.1, -0.05) is 12.5 Å². The zero-order valence-corrected chi connectivity index (χ0v) is 16.3. The monoisotopic (exact) mass is 372 g/mol. The Morgan fingerprint density at radius 3 is 2.77 bits per heavy atom. The molecule has 1 saturated heterocycles. The van der Waals surface area contributed by atoms with Crippen molar-refractivity contribution < 1.29 is 5.11 Å². The van der Waals surface area contributed by atoms with Crippen molar-refractivity contribution in [3.63, 3.8) is 0 Å². The minimum atomic E-state index is -0.739. The van der Waals surface area contributed by atoms with Gasteiger partial charge in [0.2, 0.25) is 0 Å². The van der Waals surface area contributed by atoms with Crippen LogP contribution in [0.1, 0.15) is 48.4 Å². The molecule has 0 amide bonds. The fourth-order valence-corrected chi connectivity index (χ4v) is 4.92. The Hall–Kier alpha value is -1.34. The molecule has 5 nitrogen and oxygen atoms in total. The quantitative estimate of drug-likeness (QED) is 0.845. The predicted octanol–water partition coefficient (Wildman–Crippen LogP) is 3.01. The first-order valence-corrected chi connectivity index (χ1v) is 10.5. The number of aromatic nitrogens is 2. The Morgan fingerprint density at radius 1 is 1.31 bits per heavy atom. The maximum Gasteiger partial charge on any atom is 0.110 e. The highest BCUT2D eigenvalue weighted by Gasteiger charge is 2.38. The average Bonchev–Trinajstić information content (AvgIpc) is 3.05. The molecule has 6 heteroatoms. The number of piperidine rings is 1. The second-order valence-electron chi connectivity index (χ2n) is 7.81. The Balaban J connectivity index is 1.33. The number of nitrogens with zero attached hydrogens (tertiary/aromatic N) is 4. The van der Waals surface area contributed by atoms with E-state index in [0.717, 1.165) is 55.8 Å². The van der Waals surface area contributed by atoms with Crippen LogP contribution in [0.2, 0.25) is 0 Å². The molecule has 4 rings (SSSR count). The number of hydrogen-bond acceptors (Lipinski definition) is 6. The van der Waals surface area contributed by atoms with Crippen molar-refractivity contribution in [3.8, 4) is 0 Å². The summed E-state index contributed by atoms with van der Waals surface area (Å²) in [6.45, 7) is 3.64. The van der Waals surface area contributed by atoms with Gasteiger partial charge in [-0.3, -0.25) is 9.88 Å². The molecule has 0 unspecified atom stereocenters. The largest absolute Gasteiger partial charge is 0.383 e. The molecule has 0 aromatic carbocycles. The van der Waals surface area contributed by atoms with E-state index in [9.17, 15) is 5.11 Å². The van der Waals surface area contributed by atoms with Crippen LogP contribution in [0.3, 0.4) is 0 Å². The van der Waals surface area contributed by atoms with Crippen LogP contribution in [-0.4, -0.2) is 51.1 Å². The van der Waals surface area contributed by atoms with Crippen molar-refractivity contribution in [2.75, 3.05) is 20.1 Å². The molecule has 26 heavy (non-hydrogen) atoms. The molecule has 2 fully saturated rings. The van der Waals surface area contributed by atoms with Crippen LogP contribution in [0.5, 0.6) is 0 Å². The van der Waals surface area contributed by atoms with Gasteiger partial charge in [0.1, 0.15) is 10.6 Å². The lowest BCUT2D eigenvalue weighted by molar-refractivity contribution is -0.0467. The molecule has 1 aliphatic carbocycles. The molecule has 0 spiro atoms. The molecule has 1 aliphatic heterocycles. The third kappa shape index (κ3) is 3.98. The van der Waals surface area contributed by atoms with Crippen molar-refractivity contribution >= 4 is 11.3 Å². The minimum absolute atomic E-state index is 0.739. The van der Waals surface area contributed by atoms with Gasteiger partial charge in [0.05, 0.1) is 12.2 Å². The molecule has 2 aliphatic rings. The molecule has 3 heterocycles. The van der Waals surface area contributed by atoms with Crippen LogP contribution in [-0.2, 0) is 18.7 Å². The first-order valence-electron chi connectivity index (χ1n) is 9.61. The Labute approximate surface area is 159 Å². The zero-order chi connectivity index (χ0) is 18.0. The van der Waals surface area contributed by atoms with E-state index in [1.54, 1.807) is 17.5 Å². The molecule has 1 saturated carbocycles. The van der Waals surface area contributed by atoms with Gasteiger partial charge in [-0.15, -0.1) is 11.3 Å². The minimum Gasteiger partial charge on any atom is -0.383 e. The van der Waals surface area contributed by atoms with Gasteiger partial charge in [0, 0.05) is 43.4 Å². The second-order valence-corrected chi connectivity index (χ2v) is 8.75. The van der Waals surface area contributed by atoms with Crippen molar-refractivity contribution in [1.29, 1.82) is 0 Å². The highest BCUT2D eigenvalue weighted by molar-refractivity contribution is 7.09. The van der Waals surface area contributed by atoms with E-state index in [4.69, 9.17) is 4.98 Å². The SMILES string of the molecule is CN(Cc1cccnc1)Cc1nc(C2(O)CCN(C3CCC3)CC2)cs1. The molecular weight excluding hydrogens is 344 g/mol. The van der Waals surface area contributed by atoms with E-state index >= 15 is 0 Å². The predicted molar refractivity (Wildman–Crippen MR) is 104 cm³/mol. The lowest BCUT2D eigenvalue weighted by Crippen LogP contribution is -2.49. The van der Waals surface area contributed by atoms with Crippen LogP contribution in [0, 0.1) is 0 Å². The zero-order valence-electron chi connectivity index (χ0n) is 15.5. The van der Waals surface area contributed by atoms with Gasteiger partial charge < -0.3 is 10.0 Å². The lowest BCUT2D eigenvalue weighted by Gasteiger charge is -2.44. The van der Waals surface area contributed by atoms with Crippen molar-refractivity contribution in [1.82, 2.24) is 19.8 Å². The summed E-state index contributed by atoms with van der Waals surface area (Å²) in [5, 5.41) is 14.2. The van der Waals surface area contributed by atoms with E-state index in [1.165, 1.54) is 24.8 Å². The molecule has 0 radical (unpaired) electrons. The third-order valence-corrected chi connectivity index (χ3v) is 6.66. The molecule has 1 N–H and O–H groups in total. The normalized spacial score (nSPS) is 21.0. The average molecular weight is 373 g/mol. The molecule has 140 valence electrons. The fraction of sp³-hybridized carbons (Fsp3) is 0.600. The second kappa shape index (κ2) is 7.72. The van der Waals surface area contributed by atoms with Gasteiger partial charge in [-0.05, 0) is 44.4 Å². The summed E-state index contributed by atoms with van der Waals surface area (Å²) in [7, 11) is 2.10. The molecule has 0 bridgehead atoms. The first-order chi connectivity index (χ1) is 12.6. The summed E-state index contributed by atoms with van der Waals surface area (Å²) in [5.41, 5.74) is 1.34. The van der Waals surface area contributed by atoms with E-state index in [-0.39, 0.29) is 0 Å². The van der Waals surface area contributed by atoms with Crippen LogP contribution in [0.4, 0.5) is 0 Å². The number of hydrogen-bond donors (Lipinski definition) is 1. The van der Waals surface area contributed by atoms with E-state index in [0.29, 0.717) is 0 Å². The number of likely N-dealkylation sites (tertiary alicyclic amines) is 1. The Morgan fingerprint density at radius 2 is 2.12 bits per heavy atom. The summed E-state index contributed by atoms with van der Waals surface area (Å²) in [5.74, 6) is 0. The van der Waals surface area contributed by atoms with Crippen LogP contribution in [0.15, 0.2) is 29.9 Å². The summed E-state index contributed by atoms with van der Waals surface area (Å²) in [4.78, 5) is 13.8. The summed E-state index contributed by atoms with van der Waals surface area (Å²) >= 11 is 1.66. The van der Waals surface area contributed by atoms with E-state index in [1.807, 2.05) is 12.3 Å². The van der Waals surface area contributed by atoms with E-state index < -0.39 is 5.60 Å². The van der Waals surface area contributed by atoms with Crippen LogP contribution < -0.4 is 0 Å². The van der Waals surface area contributed by atoms with Crippen LogP contribution in [0.25, 0.3) is 0 Å². The maximum atomic E-state index is 11.1. The number of thiazole rings is 1. The standard InChI is InChI=1S/C20H28N4OS/c1-23(13-16-4-3-9-21-12-16)14-19-22-18(15-26-19)20(25)7-10-24(11-8-20)17-5-2-6-17/h3-4,9,12,15,17,25H,2,5-8,10-11,13-14H2,1H3. The van der Waals surface area contributed by atoms with Gasteiger partial charge in [-0.25, -0.2) is 4.98 Å². The first kappa shape index (κ1) is 18.0. The highest BCUT2D eigenvalue weighted by atomic mass is 32.1. The molecule has 0 atom stereocenters. The third-order valence-electron chi connectivity index (χ3n) is 5.83. The van der Waals surface area contributed by atoms with Gasteiger partial charge in [0.15, 0.2) is 0 Å². The van der Waals surface area contributed by atoms with Crippen LogP contribution >= 0.6 is 11.3 Å². The van der Waals surface area contributed by atoms with E-state index in [2.05, 4.69) is 33.3 Å². The van der Waals surface area contributed by atoms with Gasteiger partial charge in [0.25, 0.3) is 0 Å². The summed E-state index contributed by atoms with van der Waals surface area (Å²) < 4.78 is 0. The summed E-state index contributed by atoms with van der Waals surface area (Å²) in [6, 6.07) is 4.83. The molecular formula is C20H28N4OS. The van der Waals surface area contributed by atoms with Crippen molar-refractivity contribution in [2.45, 2.75) is 56.8 Å². The molecule has 2 aromatic rings. The summed E-state index contributed by atoms with van der Waals surface area (Å²) in [6.07, 6.45) is 9.35. The topological polar surface area (TPSA) is 52.5 Å². The maximum absolute atomic E-state index is 11.1. The van der Waals surface area contributed by atoms with Gasteiger partial charge in [-0.2, -0.15) is 0 Å². The number of pyridine rings is 1. The lowest BCUT2D eigenvalue weighted by atomic mass is 9.84. The van der Waals surface area contributed by atoms with Crippen molar-refractivity contribution in [3.05, 3.63) is 46.2 Å². The van der Waals surface area contributed by atoms with Gasteiger partial charge >= 0.3 is 0 Å². The van der Waals surface area contributed by atoms with Crippen molar-refractivity contribution in [2.24, 2.45) is 0 Å². The Kier molecular flexibility index (Phi) is 5.36. The molecule has 2 aromatic heterocycles. The Bertz CT molecular complexity index is 708. The number of aliphatic hydroxyl groups is 1. The fourth-order valence-electron chi connectivity index (χ4n) is 3.95. The smallest absolute Gasteiger partial charge is 0.110 e.